The summed E-state index contributed by atoms with van der Waals surface area (Å²) in [6.45, 7) is 9.36. The quantitative estimate of drug-likeness (QED) is 0.738. The highest BCUT2D eigenvalue weighted by molar-refractivity contribution is 5.36. The van der Waals surface area contributed by atoms with Gasteiger partial charge in [-0.1, -0.05) is 43.7 Å². The highest BCUT2D eigenvalue weighted by Crippen LogP contribution is 2.59. The van der Waals surface area contributed by atoms with Crippen LogP contribution in [-0.2, 0) is 0 Å². The highest BCUT2D eigenvalue weighted by Gasteiger charge is 2.50. The van der Waals surface area contributed by atoms with Crippen LogP contribution in [0.2, 0.25) is 0 Å². The van der Waals surface area contributed by atoms with Crippen molar-refractivity contribution in [1.29, 1.82) is 0 Å². The molecular formula is C23H36O2. The van der Waals surface area contributed by atoms with Gasteiger partial charge in [0.25, 0.3) is 0 Å². The van der Waals surface area contributed by atoms with Gasteiger partial charge in [-0.3, -0.25) is 0 Å². The summed E-state index contributed by atoms with van der Waals surface area (Å²) in [5.74, 6) is 2.06. The van der Waals surface area contributed by atoms with E-state index in [0.29, 0.717) is 23.9 Å². The van der Waals surface area contributed by atoms with E-state index in [-0.39, 0.29) is 6.10 Å². The van der Waals surface area contributed by atoms with Crippen LogP contribution >= 0.6 is 0 Å². The Hall–Kier alpha value is -0.860. The second-order valence-corrected chi connectivity index (χ2v) is 9.02. The second-order valence-electron chi connectivity index (χ2n) is 9.02. The van der Waals surface area contributed by atoms with Crippen LogP contribution in [0.1, 0.15) is 71.6 Å². The molecule has 0 heterocycles. The van der Waals surface area contributed by atoms with Gasteiger partial charge >= 0.3 is 0 Å². The van der Waals surface area contributed by atoms with Gasteiger partial charge in [-0.05, 0) is 86.5 Å². The molecule has 0 spiro atoms. The normalized spacial score (nSPS) is 40.5. The van der Waals surface area contributed by atoms with Crippen molar-refractivity contribution in [2.24, 2.45) is 23.2 Å². The number of hydrogen-bond donors (Lipinski definition) is 2. The average molecular weight is 345 g/mol. The van der Waals surface area contributed by atoms with E-state index in [9.17, 15) is 10.2 Å². The number of aliphatic hydroxyl groups is 2. The minimum Gasteiger partial charge on any atom is -0.396 e. The molecule has 0 aromatic carbocycles. The van der Waals surface area contributed by atoms with Crippen LogP contribution in [0.3, 0.4) is 0 Å². The fourth-order valence-electron chi connectivity index (χ4n) is 6.01. The molecule has 2 nitrogen and oxygen atoms in total. The SMILES string of the molecule is C=C1CC[C@H](O)C/C1=C\C=C1/CCC[C@]2(C)[C@@H]([C@H](C)CCO)CC[C@@H]12. The maximum absolute atomic E-state index is 9.95. The van der Waals surface area contributed by atoms with E-state index in [2.05, 4.69) is 32.6 Å². The van der Waals surface area contributed by atoms with Gasteiger partial charge in [-0.2, -0.15) is 0 Å². The first-order valence-corrected chi connectivity index (χ1v) is 10.3. The Morgan fingerprint density at radius 1 is 1.24 bits per heavy atom. The van der Waals surface area contributed by atoms with Crippen molar-refractivity contribution in [3.63, 3.8) is 0 Å². The summed E-state index contributed by atoms with van der Waals surface area (Å²) in [7, 11) is 0. The van der Waals surface area contributed by atoms with Crippen LogP contribution in [0.5, 0.6) is 0 Å². The van der Waals surface area contributed by atoms with Crippen molar-refractivity contribution in [3.8, 4) is 0 Å². The van der Waals surface area contributed by atoms with Gasteiger partial charge in [0.1, 0.15) is 0 Å². The molecule has 0 aliphatic heterocycles. The van der Waals surface area contributed by atoms with Crippen LogP contribution in [0.15, 0.2) is 35.5 Å². The molecule has 0 aromatic heterocycles. The van der Waals surface area contributed by atoms with Crippen molar-refractivity contribution >= 4 is 0 Å². The Kier molecular flexibility index (Phi) is 5.90. The fourth-order valence-corrected chi connectivity index (χ4v) is 6.01. The van der Waals surface area contributed by atoms with E-state index >= 15 is 0 Å². The maximum atomic E-state index is 9.95. The number of hydrogen-bond acceptors (Lipinski definition) is 2. The third-order valence-electron chi connectivity index (χ3n) is 7.50. The Balaban J connectivity index is 1.78. The van der Waals surface area contributed by atoms with Crippen LogP contribution < -0.4 is 0 Å². The average Bonchev–Trinajstić information content (AvgIpc) is 2.93. The number of aliphatic hydroxyl groups excluding tert-OH is 2. The molecule has 3 rings (SSSR count). The van der Waals surface area contributed by atoms with Crippen molar-refractivity contribution in [1.82, 2.24) is 0 Å². The summed E-state index contributed by atoms with van der Waals surface area (Å²) in [4.78, 5) is 0. The van der Waals surface area contributed by atoms with Crippen molar-refractivity contribution in [3.05, 3.63) is 35.5 Å². The van der Waals surface area contributed by atoms with E-state index < -0.39 is 0 Å². The Morgan fingerprint density at radius 2 is 2.04 bits per heavy atom. The minimum atomic E-state index is -0.193. The van der Waals surface area contributed by atoms with Crippen LogP contribution in [0, 0.1) is 23.2 Å². The molecule has 0 unspecified atom stereocenters. The molecule has 3 saturated carbocycles. The zero-order chi connectivity index (χ0) is 18.0. The molecule has 3 fully saturated rings. The molecule has 0 bridgehead atoms. The summed E-state index contributed by atoms with van der Waals surface area (Å²) in [5.41, 5.74) is 4.48. The van der Waals surface area contributed by atoms with Gasteiger partial charge in [-0.25, -0.2) is 0 Å². The van der Waals surface area contributed by atoms with E-state index in [4.69, 9.17) is 0 Å². The van der Waals surface area contributed by atoms with Crippen LogP contribution in [-0.4, -0.2) is 22.9 Å². The van der Waals surface area contributed by atoms with Gasteiger partial charge in [0, 0.05) is 6.61 Å². The predicted octanol–water partition coefficient (Wildman–Crippen LogP) is 5.18. The Bertz CT molecular complexity index is 558. The zero-order valence-electron chi connectivity index (χ0n) is 16.1. The first-order chi connectivity index (χ1) is 12.0. The van der Waals surface area contributed by atoms with Crippen LogP contribution in [0.4, 0.5) is 0 Å². The minimum absolute atomic E-state index is 0.193. The van der Waals surface area contributed by atoms with Gasteiger partial charge in [0.15, 0.2) is 0 Å². The third kappa shape index (κ3) is 3.80. The highest BCUT2D eigenvalue weighted by atomic mass is 16.3. The first kappa shape index (κ1) is 18.9. The molecule has 2 N–H and O–H groups in total. The molecule has 3 aliphatic carbocycles. The lowest BCUT2D eigenvalue weighted by molar-refractivity contribution is 0.0857. The summed E-state index contributed by atoms with van der Waals surface area (Å²) >= 11 is 0. The zero-order valence-corrected chi connectivity index (χ0v) is 16.1. The summed E-state index contributed by atoms with van der Waals surface area (Å²) in [5, 5.41) is 19.3. The lowest BCUT2D eigenvalue weighted by atomic mass is 9.61. The molecule has 0 aromatic rings. The molecule has 140 valence electrons. The lowest BCUT2D eigenvalue weighted by Gasteiger charge is -2.44. The van der Waals surface area contributed by atoms with E-state index in [1.165, 1.54) is 43.3 Å². The largest absolute Gasteiger partial charge is 0.396 e. The van der Waals surface area contributed by atoms with E-state index in [1.807, 2.05) is 0 Å². The molecule has 3 aliphatic rings. The molecule has 0 amide bonds. The molecule has 0 saturated heterocycles. The summed E-state index contributed by atoms with van der Waals surface area (Å²) < 4.78 is 0. The van der Waals surface area contributed by atoms with Crippen molar-refractivity contribution in [2.45, 2.75) is 77.7 Å². The van der Waals surface area contributed by atoms with Crippen molar-refractivity contribution in [2.75, 3.05) is 6.61 Å². The molecule has 2 heteroatoms. The van der Waals surface area contributed by atoms with Crippen molar-refractivity contribution < 1.29 is 10.2 Å². The molecule has 0 radical (unpaired) electrons. The van der Waals surface area contributed by atoms with Gasteiger partial charge in [0.05, 0.1) is 6.10 Å². The molecular weight excluding hydrogens is 308 g/mol. The van der Waals surface area contributed by atoms with Gasteiger partial charge in [-0.15, -0.1) is 0 Å². The lowest BCUT2D eigenvalue weighted by Crippen LogP contribution is -2.36. The van der Waals surface area contributed by atoms with Gasteiger partial charge in [0.2, 0.25) is 0 Å². The number of rotatable bonds is 4. The third-order valence-corrected chi connectivity index (χ3v) is 7.50. The Morgan fingerprint density at radius 3 is 2.80 bits per heavy atom. The number of fused-ring (bicyclic) bond motifs is 1. The monoisotopic (exact) mass is 344 g/mol. The summed E-state index contributed by atoms with van der Waals surface area (Å²) in [6.07, 6.45) is 14.4. The standard InChI is InChI=1S/C23H36O2/c1-16-6-9-20(25)15-19(16)8-7-18-5-4-13-23(3)21(10-11-22(18)23)17(2)12-14-24/h7-8,17,20-22,24-25H,1,4-6,9-15H2,2-3H3/b18-7+,19-8+/t17-,20+,21-,22+,23-/m1/s1. The first-order valence-electron chi connectivity index (χ1n) is 10.3. The molecule has 5 atom stereocenters. The predicted molar refractivity (Wildman–Crippen MR) is 104 cm³/mol. The van der Waals surface area contributed by atoms with Gasteiger partial charge < -0.3 is 10.2 Å². The Labute approximate surface area is 153 Å². The topological polar surface area (TPSA) is 40.5 Å². The second kappa shape index (κ2) is 7.80. The van der Waals surface area contributed by atoms with E-state index in [0.717, 1.165) is 31.6 Å². The number of allylic oxidation sites excluding steroid dienone is 4. The summed E-state index contributed by atoms with van der Waals surface area (Å²) in [6, 6.07) is 0. The smallest absolute Gasteiger partial charge is 0.0583 e. The maximum Gasteiger partial charge on any atom is 0.0583 e. The van der Waals surface area contributed by atoms with E-state index in [1.54, 1.807) is 5.57 Å². The van der Waals surface area contributed by atoms with Crippen LogP contribution in [0.25, 0.3) is 0 Å². The molecule has 25 heavy (non-hydrogen) atoms. The fraction of sp³-hybridized carbons (Fsp3) is 0.739.